The number of carbonyl (C=O) groups is 2. The molecule has 170 valence electrons. The molecule has 2 aliphatic heterocycles. The summed E-state index contributed by atoms with van der Waals surface area (Å²) in [7, 11) is 0. The van der Waals surface area contributed by atoms with Crippen LogP contribution >= 0.6 is 22.9 Å². The minimum Gasteiger partial charge on any atom is -0.488 e. The topological polar surface area (TPSA) is 71.5 Å². The van der Waals surface area contributed by atoms with Crippen molar-refractivity contribution in [2.24, 2.45) is 11.8 Å². The number of halogens is 1. The molecule has 2 aromatic heterocycles. The van der Waals surface area contributed by atoms with Crippen LogP contribution in [-0.2, 0) is 16.1 Å². The number of nitrogens with one attached hydrogen (secondary N) is 1. The van der Waals surface area contributed by atoms with Gasteiger partial charge in [0.25, 0.3) is 0 Å². The summed E-state index contributed by atoms with van der Waals surface area (Å²) in [6.45, 7) is 4.20. The van der Waals surface area contributed by atoms with Gasteiger partial charge < -0.3 is 10.1 Å². The van der Waals surface area contributed by atoms with E-state index in [9.17, 15) is 9.59 Å². The molecule has 2 amide bonds. The van der Waals surface area contributed by atoms with Gasteiger partial charge >= 0.3 is 0 Å². The van der Waals surface area contributed by atoms with E-state index in [0.717, 1.165) is 69.9 Å². The molecule has 2 saturated heterocycles. The highest BCUT2D eigenvalue weighted by Gasteiger charge is 2.58. The molecule has 33 heavy (non-hydrogen) atoms. The number of piperidine rings is 2. The van der Waals surface area contributed by atoms with Crippen LogP contribution in [0.25, 0.3) is 21.3 Å². The van der Waals surface area contributed by atoms with E-state index in [2.05, 4.69) is 10.3 Å². The maximum Gasteiger partial charge on any atom is 0.233 e. The number of nitrogens with zero attached hydrogens (tertiary/aromatic N) is 2. The summed E-state index contributed by atoms with van der Waals surface area (Å²) in [6.07, 6.45) is 4.74. The van der Waals surface area contributed by atoms with Gasteiger partial charge in [0.15, 0.2) is 0 Å². The van der Waals surface area contributed by atoms with E-state index in [1.165, 1.54) is 4.90 Å². The third-order valence-corrected chi connectivity index (χ3v) is 8.16. The molecule has 3 aliphatic rings. The number of aryl methyl sites for hydroxylation is 1. The monoisotopic (exact) mass is 481 g/mol. The maximum absolute atomic E-state index is 12.4. The van der Waals surface area contributed by atoms with Gasteiger partial charge in [-0.1, -0.05) is 11.6 Å². The van der Waals surface area contributed by atoms with Crippen molar-refractivity contribution in [3.8, 4) is 16.9 Å². The molecule has 1 N–H and O–H groups in total. The summed E-state index contributed by atoms with van der Waals surface area (Å²) in [5.41, 5.74) is 3.79. The summed E-state index contributed by atoms with van der Waals surface area (Å²) in [4.78, 5) is 31.8. The van der Waals surface area contributed by atoms with Crippen molar-refractivity contribution in [1.82, 2.24) is 15.2 Å². The van der Waals surface area contributed by atoms with Crippen molar-refractivity contribution in [3.63, 3.8) is 0 Å². The van der Waals surface area contributed by atoms with Gasteiger partial charge in [0.1, 0.15) is 11.9 Å². The van der Waals surface area contributed by atoms with Gasteiger partial charge in [0.05, 0.1) is 28.6 Å². The van der Waals surface area contributed by atoms with E-state index < -0.39 is 0 Å². The zero-order valence-corrected chi connectivity index (χ0v) is 19.8. The largest absolute Gasteiger partial charge is 0.488 e. The molecule has 6 nitrogen and oxygen atoms in total. The van der Waals surface area contributed by atoms with Crippen molar-refractivity contribution >= 4 is 45.0 Å². The lowest BCUT2D eigenvalue weighted by molar-refractivity contribution is -0.141. The summed E-state index contributed by atoms with van der Waals surface area (Å²) in [6, 6.07) is 7.86. The highest BCUT2D eigenvalue weighted by atomic mass is 35.5. The molecule has 3 unspecified atom stereocenters. The molecule has 3 aromatic rings. The predicted molar refractivity (Wildman–Crippen MR) is 128 cm³/mol. The van der Waals surface area contributed by atoms with Crippen LogP contribution in [0.2, 0.25) is 5.02 Å². The molecule has 4 heterocycles. The SMILES string of the molecule is Cc1cc(Cl)cc(-c2ccnc3cc(CN4C(=O)C5CC5C4=O)sc23)c1OC1CCCNC1. The summed E-state index contributed by atoms with van der Waals surface area (Å²) < 4.78 is 7.50. The number of aromatic nitrogens is 1. The highest BCUT2D eigenvalue weighted by molar-refractivity contribution is 7.19. The fourth-order valence-electron chi connectivity index (χ4n) is 5.01. The lowest BCUT2D eigenvalue weighted by atomic mass is 10.0. The second-order valence-corrected chi connectivity index (χ2v) is 10.8. The van der Waals surface area contributed by atoms with Gasteiger partial charge in [0.2, 0.25) is 11.8 Å². The molecular formula is C25H24ClN3O3S. The van der Waals surface area contributed by atoms with Crippen molar-refractivity contribution in [3.05, 3.63) is 45.9 Å². The normalized spacial score (nSPS) is 24.4. The molecule has 1 aromatic carbocycles. The second-order valence-electron chi connectivity index (χ2n) is 9.18. The average Bonchev–Trinajstić information content (AvgIpc) is 3.44. The van der Waals surface area contributed by atoms with Crippen LogP contribution in [-0.4, -0.2) is 40.9 Å². The summed E-state index contributed by atoms with van der Waals surface area (Å²) >= 11 is 8.05. The number of ether oxygens (including phenoxy) is 1. The minimum atomic E-state index is -0.0796. The number of amides is 2. The smallest absolute Gasteiger partial charge is 0.233 e. The van der Waals surface area contributed by atoms with Crippen molar-refractivity contribution in [2.45, 2.75) is 38.8 Å². The first-order chi connectivity index (χ1) is 16.0. The number of likely N-dealkylation sites (tertiary alicyclic amines) is 1. The number of benzene rings is 1. The Kier molecular flexibility index (Phi) is 5.16. The molecule has 1 aliphatic carbocycles. The molecule has 0 radical (unpaired) electrons. The summed E-state index contributed by atoms with van der Waals surface area (Å²) in [5, 5.41) is 4.07. The Morgan fingerprint density at radius 3 is 2.79 bits per heavy atom. The van der Waals surface area contributed by atoms with E-state index in [0.29, 0.717) is 11.6 Å². The van der Waals surface area contributed by atoms with Crippen molar-refractivity contribution < 1.29 is 14.3 Å². The molecule has 0 bridgehead atoms. The first-order valence-corrected chi connectivity index (χ1v) is 12.6. The van der Waals surface area contributed by atoms with Gasteiger partial charge in [-0.25, -0.2) is 0 Å². The second kappa shape index (κ2) is 8.08. The fraction of sp³-hybridized carbons (Fsp3) is 0.400. The number of imide groups is 1. The van der Waals surface area contributed by atoms with Crippen LogP contribution < -0.4 is 10.1 Å². The maximum atomic E-state index is 12.4. The zero-order chi connectivity index (χ0) is 22.7. The third-order valence-electron chi connectivity index (χ3n) is 6.80. The van der Waals surface area contributed by atoms with Crippen LogP contribution in [0.1, 0.15) is 29.7 Å². The average molecular weight is 482 g/mol. The Balaban J connectivity index is 1.38. The van der Waals surface area contributed by atoms with E-state index in [1.807, 2.05) is 31.2 Å². The van der Waals surface area contributed by atoms with E-state index in [1.54, 1.807) is 17.5 Å². The Morgan fingerprint density at radius 2 is 2.03 bits per heavy atom. The van der Waals surface area contributed by atoms with E-state index >= 15 is 0 Å². The number of hydrogen-bond acceptors (Lipinski definition) is 6. The van der Waals surface area contributed by atoms with E-state index in [-0.39, 0.29) is 29.8 Å². The number of pyridine rings is 1. The Hall–Kier alpha value is -2.48. The van der Waals surface area contributed by atoms with Crippen LogP contribution in [0.3, 0.4) is 0 Å². The lowest BCUT2D eigenvalue weighted by Crippen LogP contribution is -2.37. The van der Waals surface area contributed by atoms with Crippen molar-refractivity contribution in [2.75, 3.05) is 13.1 Å². The molecule has 3 atom stereocenters. The Morgan fingerprint density at radius 1 is 1.21 bits per heavy atom. The quantitative estimate of drug-likeness (QED) is 0.541. The zero-order valence-electron chi connectivity index (χ0n) is 18.3. The van der Waals surface area contributed by atoms with Crippen LogP contribution in [0.5, 0.6) is 5.75 Å². The van der Waals surface area contributed by atoms with Crippen LogP contribution in [0.4, 0.5) is 0 Å². The van der Waals surface area contributed by atoms with Crippen LogP contribution in [0, 0.1) is 18.8 Å². The number of thiophene rings is 1. The molecule has 1 saturated carbocycles. The van der Waals surface area contributed by atoms with Crippen molar-refractivity contribution in [1.29, 1.82) is 0 Å². The number of fused-ring (bicyclic) bond motifs is 2. The Bertz CT molecular complexity index is 1260. The molecule has 8 heteroatoms. The number of carbonyl (C=O) groups excluding carboxylic acids is 2. The third kappa shape index (κ3) is 3.72. The van der Waals surface area contributed by atoms with Gasteiger partial charge in [-0.2, -0.15) is 0 Å². The number of rotatable bonds is 5. The summed E-state index contributed by atoms with van der Waals surface area (Å²) in [5.74, 6) is 0.629. The van der Waals surface area contributed by atoms with Gasteiger partial charge in [-0.3, -0.25) is 19.5 Å². The first-order valence-electron chi connectivity index (χ1n) is 11.4. The van der Waals surface area contributed by atoms with Crippen LogP contribution in [0.15, 0.2) is 30.5 Å². The minimum absolute atomic E-state index is 0.0297. The first kappa shape index (κ1) is 21.1. The highest BCUT2D eigenvalue weighted by Crippen LogP contribution is 2.48. The molecule has 6 rings (SSSR count). The van der Waals surface area contributed by atoms with Gasteiger partial charge in [-0.05, 0) is 62.6 Å². The van der Waals surface area contributed by atoms with Gasteiger partial charge in [-0.15, -0.1) is 11.3 Å². The predicted octanol–water partition coefficient (Wildman–Crippen LogP) is 4.56. The lowest BCUT2D eigenvalue weighted by Gasteiger charge is -2.26. The molecule has 0 spiro atoms. The standard InChI is InChI=1S/C25H24ClN3O3S/c1-13-7-14(26)8-18(22(13)32-15-3-2-5-27-11-15)17-4-6-28-21-9-16(33-23(17)21)12-29-24(30)19-10-20(19)25(29)31/h4,6-9,15,19-20,27H,2-3,5,10-12H2,1H3. The Labute approximate surface area is 200 Å². The van der Waals surface area contributed by atoms with E-state index in [4.69, 9.17) is 16.3 Å². The van der Waals surface area contributed by atoms with Gasteiger partial charge in [0, 0.05) is 33.8 Å². The molecular weight excluding hydrogens is 458 g/mol. The molecule has 3 fully saturated rings. The number of hydrogen-bond donors (Lipinski definition) is 1. The fourth-order valence-corrected chi connectivity index (χ4v) is 6.42.